The van der Waals surface area contributed by atoms with Gasteiger partial charge in [0, 0.05) is 24.3 Å². The Morgan fingerprint density at radius 2 is 2.14 bits per heavy atom. The molecule has 2 N–H and O–H groups in total. The second kappa shape index (κ2) is 8.11. The van der Waals surface area contributed by atoms with Crippen LogP contribution >= 0.6 is 0 Å². The highest BCUT2D eigenvalue weighted by atomic mass is 16.6. The average molecular weight is 400 g/mol. The molecule has 5 nitrogen and oxygen atoms in total. The van der Waals surface area contributed by atoms with E-state index in [0.717, 1.165) is 43.5 Å². The van der Waals surface area contributed by atoms with Crippen molar-refractivity contribution in [1.82, 2.24) is 5.32 Å². The minimum Gasteiger partial charge on any atom is -0.496 e. The van der Waals surface area contributed by atoms with Crippen molar-refractivity contribution in [3.8, 4) is 5.75 Å². The largest absolute Gasteiger partial charge is 0.496 e. The first-order chi connectivity index (χ1) is 14.0. The number of para-hydroxylation sites is 1. The number of allylic oxidation sites excluding steroid dienone is 1. The van der Waals surface area contributed by atoms with E-state index >= 15 is 0 Å². The molecular formula is C24H33NO4. The fourth-order valence-corrected chi connectivity index (χ4v) is 5.69. The van der Waals surface area contributed by atoms with Gasteiger partial charge in [0.2, 0.25) is 0 Å². The maximum Gasteiger partial charge on any atom is 0.311 e. The maximum absolute atomic E-state index is 12.6. The zero-order valence-corrected chi connectivity index (χ0v) is 17.7. The molecule has 1 saturated heterocycles. The summed E-state index contributed by atoms with van der Waals surface area (Å²) in [6.45, 7) is 5.69. The van der Waals surface area contributed by atoms with Crippen LogP contribution in [0.5, 0.6) is 5.75 Å². The van der Waals surface area contributed by atoms with Gasteiger partial charge in [-0.1, -0.05) is 43.7 Å². The monoisotopic (exact) mass is 399 g/mol. The number of esters is 1. The Kier molecular flexibility index (Phi) is 5.71. The molecule has 4 rings (SSSR count). The van der Waals surface area contributed by atoms with Gasteiger partial charge in [0.1, 0.15) is 11.9 Å². The molecule has 0 aromatic heterocycles. The van der Waals surface area contributed by atoms with Crippen molar-refractivity contribution in [3.63, 3.8) is 0 Å². The number of hydrogen-bond donors (Lipinski definition) is 2. The molecular weight excluding hydrogens is 366 g/mol. The van der Waals surface area contributed by atoms with Crippen LogP contribution in [0, 0.1) is 23.2 Å². The first-order valence-corrected chi connectivity index (χ1v) is 10.9. The van der Waals surface area contributed by atoms with Gasteiger partial charge in [0.05, 0.1) is 19.1 Å². The number of benzene rings is 1. The smallest absolute Gasteiger partial charge is 0.311 e. The molecule has 0 unspecified atom stereocenters. The number of hydrogen-bond acceptors (Lipinski definition) is 5. The van der Waals surface area contributed by atoms with Gasteiger partial charge < -0.3 is 19.9 Å². The van der Waals surface area contributed by atoms with Gasteiger partial charge in [0.15, 0.2) is 0 Å². The third-order valence-corrected chi connectivity index (χ3v) is 7.70. The van der Waals surface area contributed by atoms with E-state index < -0.39 is 6.10 Å². The van der Waals surface area contributed by atoms with Crippen LogP contribution in [0.25, 0.3) is 0 Å². The van der Waals surface area contributed by atoms with Crippen LogP contribution in [0.2, 0.25) is 0 Å². The van der Waals surface area contributed by atoms with Crippen LogP contribution in [-0.4, -0.2) is 43.5 Å². The van der Waals surface area contributed by atoms with Gasteiger partial charge in [0.25, 0.3) is 0 Å². The van der Waals surface area contributed by atoms with Gasteiger partial charge >= 0.3 is 5.97 Å². The van der Waals surface area contributed by atoms with Crippen LogP contribution in [0.15, 0.2) is 35.9 Å². The molecule has 0 bridgehead atoms. The van der Waals surface area contributed by atoms with Crippen LogP contribution in [0.3, 0.4) is 0 Å². The van der Waals surface area contributed by atoms with Gasteiger partial charge in [-0.3, -0.25) is 4.79 Å². The van der Waals surface area contributed by atoms with Crippen molar-refractivity contribution < 1.29 is 19.4 Å². The molecule has 1 aromatic carbocycles. The minimum atomic E-state index is -0.546. The first kappa shape index (κ1) is 20.4. The standard InChI is InChI=1S/C24H33NO4/c1-15-7-6-9-17-13-20-21(22(26)24(15,17)2)18(23(27)29-20)14-25-12-11-16-8-4-5-10-19(16)28-3/h4-5,8-10,15,18,20-22,25-26H,6-7,11-14H2,1-3H3/t15-,18+,20+,21-,22-,24+/m0/s1. The Hall–Kier alpha value is -1.85. The molecule has 158 valence electrons. The summed E-state index contributed by atoms with van der Waals surface area (Å²) in [6, 6.07) is 7.99. The molecule has 1 aromatic rings. The normalized spacial score (nSPS) is 36.1. The van der Waals surface area contributed by atoms with E-state index in [9.17, 15) is 9.90 Å². The molecule has 1 aliphatic heterocycles. The van der Waals surface area contributed by atoms with Crippen LogP contribution in [0.4, 0.5) is 0 Å². The molecule has 0 amide bonds. The summed E-state index contributed by atoms with van der Waals surface area (Å²) in [5, 5.41) is 14.8. The highest BCUT2D eigenvalue weighted by Gasteiger charge is 2.59. The van der Waals surface area contributed by atoms with E-state index in [1.807, 2.05) is 18.2 Å². The van der Waals surface area contributed by atoms with E-state index in [0.29, 0.717) is 12.5 Å². The number of nitrogens with one attached hydrogen (secondary N) is 1. The van der Waals surface area contributed by atoms with Crippen molar-refractivity contribution in [3.05, 3.63) is 41.5 Å². The van der Waals surface area contributed by atoms with Crippen LogP contribution in [0.1, 0.15) is 38.7 Å². The number of fused-ring (bicyclic) bond motifs is 2. The topological polar surface area (TPSA) is 67.8 Å². The predicted octanol–water partition coefficient (Wildman–Crippen LogP) is 3.11. The van der Waals surface area contributed by atoms with Crippen molar-refractivity contribution in [2.45, 2.75) is 51.7 Å². The number of aliphatic hydroxyl groups is 1. The molecule has 1 saturated carbocycles. The molecule has 2 aliphatic carbocycles. The number of rotatable bonds is 6. The van der Waals surface area contributed by atoms with E-state index in [4.69, 9.17) is 9.47 Å². The molecule has 29 heavy (non-hydrogen) atoms. The van der Waals surface area contributed by atoms with E-state index in [1.54, 1.807) is 7.11 Å². The lowest BCUT2D eigenvalue weighted by Gasteiger charge is -2.51. The Morgan fingerprint density at radius 3 is 2.93 bits per heavy atom. The van der Waals surface area contributed by atoms with Gasteiger partial charge in [-0.2, -0.15) is 0 Å². The summed E-state index contributed by atoms with van der Waals surface area (Å²) in [7, 11) is 1.68. The SMILES string of the molecule is COc1ccccc1CCNC[C@H]1C(=O)O[C@@H]2CC3=CCC[C@H](C)[C@@]3(C)[C@@H](O)[C@H]21. The maximum atomic E-state index is 12.6. The molecule has 0 spiro atoms. The molecule has 3 aliphatic rings. The summed E-state index contributed by atoms with van der Waals surface area (Å²) >= 11 is 0. The highest BCUT2D eigenvalue weighted by molar-refractivity contribution is 5.76. The average Bonchev–Trinajstić information content (AvgIpc) is 3.03. The zero-order valence-electron chi connectivity index (χ0n) is 17.7. The third kappa shape index (κ3) is 3.49. The summed E-state index contributed by atoms with van der Waals surface area (Å²) in [4.78, 5) is 12.6. The third-order valence-electron chi connectivity index (χ3n) is 7.70. The molecule has 1 heterocycles. The Bertz CT molecular complexity index is 791. The summed E-state index contributed by atoms with van der Waals surface area (Å²) in [5.74, 6) is 0.702. The number of methoxy groups -OCH3 is 1. The quantitative estimate of drug-likeness (QED) is 0.437. The van der Waals surface area contributed by atoms with Crippen molar-refractivity contribution in [2.24, 2.45) is 23.2 Å². The second-order valence-corrected chi connectivity index (χ2v) is 9.06. The highest BCUT2D eigenvalue weighted by Crippen LogP contribution is 2.55. The first-order valence-electron chi connectivity index (χ1n) is 10.9. The van der Waals surface area contributed by atoms with E-state index in [1.165, 1.54) is 5.57 Å². The lowest BCUT2D eigenvalue weighted by molar-refractivity contribution is -0.144. The Labute approximate surface area is 173 Å². The predicted molar refractivity (Wildman–Crippen MR) is 112 cm³/mol. The van der Waals surface area contributed by atoms with E-state index in [-0.39, 0.29) is 29.3 Å². The zero-order chi connectivity index (χ0) is 20.6. The van der Waals surface area contributed by atoms with Gasteiger partial charge in [-0.15, -0.1) is 0 Å². The van der Waals surface area contributed by atoms with E-state index in [2.05, 4.69) is 31.3 Å². The fraction of sp³-hybridized carbons (Fsp3) is 0.625. The number of carbonyl (C=O) groups is 1. The summed E-state index contributed by atoms with van der Waals surface area (Å²) in [6.07, 6.45) is 5.27. The summed E-state index contributed by atoms with van der Waals surface area (Å²) < 4.78 is 11.1. The lowest BCUT2D eigenvalue weighted by Crippen LogP contribution is -2.54. The molecule has 6 atom stereocenters. The minimum absolute atomic E-state index is 0.135. The van der Waals surface area contributed by atoms with Gasteiger partial charge in [-0.25, -0.2) is 0 Å². The Morgan fingerprint density at radius 1 is 1.34 bits per heavy atom. The molecule has 2 fully saturated rings. The van der Waals surface area contributed by atoms with Gasteiger partial charge in [-0.05, 0) is 43.4 Å². The van der Waals surface area contributed by atoms with Crippen molar-refractivity contribution >= 4 is 5.97 Å². The Balaban J connectivity index is 1.41. The lowest BCUT2D eigenvalue weighted by atomic mass is 9.55. The number of aliphatic hydroxyl groups excluding tert-OH is 1. The van der Waals surface area contributed by atoms with Crippen molar-refractivity contribution in [2.75, 3.05) is 20.2 Å². The number of carbonyl (C=O) groups excluding carboxylic acids is 1. The van der Waals surface area contributed by atoms with Crippen LogP contribution in [-0.2, 0) is 16.0 Å². The molecule has 0 radical (unpaired) electrons. The van der Waals surface area contributed by atoms with Crippen molar-refractivity contribution in [1.29, 1.82) is 0 Å². The van der Waals surface area contributed by atoms with Crippen LogP contribution < -0.4 is 10.1 Å². The second-order valence-electron chi connectivity index (χ2n) is 9.06. The summed E-state index contributed by atoms with van der Waals surface area (Å²) in [5.41, 5.74) is 2.18. The molecule has 5 heteroatoms. The number of ether oxygens (including phenoxy) is 2. The fourth-order valence-electron chi connectivity index (χ4n) is 5.69.